The van der Waals surface area contributed by atoms with Crippen LogP contribution in [0.15, 0.2) is 72.8 Å². The van der Waals surface area contributed by atoms with Crippen molar-refractivity contribution in [2.24, 2.45) is 11.8 Å². The van der Waals surface area contributed by atoms with Gasteiger partial charge in [-0.15, -0.1) is 0 Å². The number of rotatable bonds is 7. The number of benzene rings is 3. The highest BCUT2D eigenvalue weighted by atomic mass is 31.2. The first kappa shape index (κ1) is 54.2. The molecule has 0 amide bonds. The average Bonchev–Trinajstić information content (AvgIpc) is 3.83. The highest BCUT2D eigenvalue weighted by Crippen LogP contribution is 2.64. The van der Waals surface area contributed by atoms with Crippen molar-refractivity contribution in [3.8, 4) is 34.5 Å². The molecule has 0 aromatic heterocycles. The van der Waals surface area contributed by atoms with Crippen LogP contribution in [0, 0.1) is 11.8 Å². The molecule has 3 unspecified atom stereocenters. The number of methoxy groups -OCH3 is 3. The second kappa shape index (κ2) is 21.3. The van der Waals surface area contributed by atoms with Crippen molar-refractivity contribution in [3.63, 3.8) is 0 Å². The fourth-order valence-corrected chi connectivity index (χ4v) is 11.8. The lowest BCUT2D eigenvalue weighted by Gasteiger charge is -2.56. The van der Waals surface area contributed by atoms with E-state index in [0.717, 1.165) is 61.8 Å². The van der Waals surface area contributed by atoms with Gasteiger partial charge in [-0.25, -0.2) is 9.13 Å². The van der Waals surface area contributed by atoms with E-state index in [1.54, 1.807) is 33.5 Å². The maximum atomic E-state index is 10.6. The van der Waals surface area contributed by atoms with Gasteiger partial charge in [-0.1, -0.05) is 48.6 Å². The molecule has 0 saturated carbocycles. The summed E-state index contributed by atoms with van der Waals surface area (Å²) in [5.74, 6) is 5.35. The number of ether oxygens (including phenoxy) is 6. The van der Waals surface area contributed by atoms with Crippen molar-refractivity contribution >= 4 is 15.6 Å². The molecule has 4 bridgehead atoms. The zero-order chi connectivity index (χ0) is 49.5. The molecule has 3 aromatic rings. The molecule has 69 heavy (non-hydrogen) atoms. The SMILES string of the molecule is COc1ccc2c3c1O[C@H]1C(O)C=C[C@H]4[C@@H](C2)N(C)CC[C@]314.COc1ccc2c3c1O[C@H]1C(O)C=C[C@H]4[C@@H](C2)N(C)CC[C@]314.COc1ccccc1OCC(O)CO.O.O=P(O)(O)O.O=P(O)(O)O. The average molecular weight is 1010 g/mol. The van der Waals surface area contributed by atoms with Crippen LogP contribution in [0.2, 0.25) is 0 Å². The maximum Gasteiger partial charge on any atom is 0.466 e. The summed E-state index contributed by atoms with van der Waals surface area (Å²) in [6.45, 7) is 1.85. The van der Waals surface area contributed by atoms with E-state index in [0.29, 0.717) is 35.4 Å². The van der Waals surface area contributed by atoms with Crippen LogP contribution in [-0.4, -0.2) is 169 Å². The molecule has 2 fully saturated rings. The van der Waals surface area contributed by atoms with Gasteiger partial charge in [0.1, 0.15) is 37.1 Å². The predicted octanol–water partition coefficient (Wildman–Crippen LogP) is 0.748. The van der Waals surface area contributed by atoms with E-state index in [4.69, 9.17) is 77.1 Å². The van der Waals surface area contributed by atoms with Gasteiger partial charge in [-0.2, -0.15) is 0 Å². The Morgan fingerprint density at radius 3 is 1.42 bits per heavy atom. The maximum absolute atomic E-state index is 10.6. The van der Waals surface area contributed by atoms with Crippen molar-refractivity contribution in [2.75, 3.05) is 61.7 Å². The Bertz CT molecular complexity index is 2290. The van der Waals surface area contributed by atoms with E-state index in [-0.39, 0.29) is 41.7 Å². The number of likely N-dealkylation sites (N-methyl/N-ethyl adjacent to an activating group) is 2. The molecule has 2 spiro atoms. The Kier molecular flexibility index (Phi) is 16.7. The summed E-state index contributed by atoms with van der Waals surface area (Å²) in [5.41, 5.74) is 5.21. The number of nitrogens with zero attached hydrogens (tertiary/aromatic N) is 2. The molecule has 4 heterocycles. The Balaban J connectivity index is 0.000000157. The second-order valence-corrected chi connectivity index (χ2v) is 20.1. The minimum atomic E-state index is -4.64. The number of aliphatic hydroxyl groups is 4. The van der Waals surface area contributed by atoms with Crippen molar-refractivity contribution in [1.29, 1.82) is 0 Å². The molecule has 11 atom stereocenters. The molecule has 11 rings (SSSR count). The van der Waals surface area contributed by atoms with E-state index >= 15 is 0 Å². The minimum absolute atomic E-state index is 0. The second-order valence-electron chi connectivity index (χ2n) is 18.1. The third-order valence-electron chi connectivity index (χ3n) is 14.4. The van der Waals surface area contributed by atoms with E-state index < -0.39 is 34.0 Å². The smallest absolute Gasteiger partial charge is 0.466 e. The van der Waals surface area contributed by atoms with E-state index in [9.17, 15) is 10.2 Å². The van der Waals surface area contributed by atoms with Crippen molar-refractivity contribution in [3.05, 3.63) is 95.1 Å². The van der Waals surface area contributed by atoms with Crippen LogP contribution >= 0.6 is 15.6 Å². The highest BCUT2D eigenvalue weighted by molar-refractivity contribution is 7.45. The van der Waals surface area contributed by atoms with E-state index in [1.807, 2.05) is 36.4 Å². The standard InChI is InChI=1S/2C18H21NO3.C10H14O4.2H3O4P.H2O/c2*1-19-8-7-18-11-4-5-13(20)17(18)22-16-14(21-2)6-3-10(15(16)18)9-12(11)19;1-13-9-4-2-3-5-10(9)14-7-8(12)6-11;2*1-5(2,3)4;/h2*3-6,11-13,17,20H,7-9H2,1-2H3;2-5,8,11-12H,6-7H2,1H3;2*(H3,1,2,3,4);1H2/t2*11-,12+,13?,17-,18-;;;;/m00..../s1. The lowest BCUT2D eigenvalue weighted by atomic mass is 9.53. The van der Waals surface area contributed by atoms with Crippen LogP contribution in [0.4, 0.5) is 0 Å². The monoisotopic (exact) mass is 1010 g/mol. The molecule has 4 aliphatic heterocycles. The Morgan fingerprint density at radius 2 is 1.04 bits per heavy atom. The van der Waals surface area contributed by atoms with Gasteiger partial charge in [-0.3, -0.25) is 0 Å². The summed E-state index contributed by atoms with van der Waals surface area (Å²) < 4.78 is 51.7. The zero-order valence-electron chi connectivity index (χ0n) is 38.8. The van der Waals surface area contributed by atoms with E-state index in [1.165, 1.54) is 22.3 Å². The van der Waals surface area contributed by atoms with Gasteiger partial charge in [0, 0.05) is 45.9 Å². The van der Waals surface area contributed by atoms with Gasteiger partial charge in [0.2, 0.25) is 0 Å². The number of hydrogen-bond acceptors (Lipinski definition) is 14. The predicted molar refractivity (Wildman–Crippen MR) is 249 cm³/mol. The summed E-state index contributed by atoms with van der Waals surface area (Å²) in [6.07, 6.45) is 10.2. The fraction of sp³-hybridized carbons (Fsp3) is 0.522. The number of para-hydroxylation sites is 2. The summed E-state index contributed by atoms with van der Waals surface area (Å²) in [5, 5.41) is 38.8. The lowest BCUT2D eigenvalue weighted by molar-refractivity contribution is -0.0453. The molecule has 8 aliphatic rings. The Morgan fingerprint density at radius 1 is 0.652 bits per heavy atom. The number of phosphoric acid groups is 2. The molecule has 0 radical (unpaired) electrons. The Hall–Kier alpha value is -4.12. The first-order valence-electron chi connectivity index (χ1n) is 22.1. The number of likely N-dealkylation sites (tertiary alicyclic amines) is 2. The summed E-state index contributed by atoms with van der Waals surface area (Å²) in [6, 6.07) is 16.5. The van der Waals surface area contributed by atoms with Crippen molar-refractivity contribution < 1.29 is 92.8 Å². The number of aliphatic hydroxyl groups excluding tert-OH is 4. The molecule has 21 nitrogen and oxygen atoms in total. The van der Waals surface area contributed by atoms with Gasteiger partial charge in [0.25, 0.3) is 0 Å². The van der Waals surface area contributed by atoms with Gasteiger partial charge in [0.15, 0.2) is 34.5 Å². The van der Waals surface area contributed by atoms with Crippen LogP contribution in [-0.2, 0) is 32.8 Å². The fourth-order valence-electron chi connectivity index (χ4n) is 11.8. The zero-order valence-corrected chi connectivity index (χ0v) is 40.6. The van der Waals surface area contributed by atoms with E-state index in [2.05, 4.69) is 48.2 Å². The molecule has 2 saturated heterocycles. The third-order valence-corrected chi connectivity index (χ3v) is 14.4. The molecular weight excluding hydrogens is 946 g/mol. The van der Waals surface area contributed by atoms with Gasteiger partial charge < -0.3 is 93.5 Å². The minimum Gasteiger partial charge on any atom is -0.493 e. The molecule has 23 heteroatoms. The first-order valence-corrected chi connectivity index (χ1v) is 25.2. The highest BCUT2D eigenvalue weighted by Gasteiger charge is 2.65. The molecule has 382 valence electrons. The van der Waals surface area contributed by atoms with Crippen LogP contribution in [0.5, 0.6) is 34.5 Å². The van der Waals surface area contributed by atoms with Crippen LogP contribution < -0.4 is 28.4 Å². The Labute approximate surface area is 399 Å². The molecule has 3 aromatic carbocycles. The topological polar surface area (TPSA) is 330 Å². The van der Waals surface area contributed by atoms with Gasteiger partial charge >= 0.3 is 15.6 Å². The molecule has 12 N–H and O–H groups in total. The van der Waals surface area contributed by atoms with Crippen molar-refractivity contribution in [1.82, 2.24) is 9.80 Å². The lowest BCUT2D eigenvalue weighted by Crippen LogP contribution is -2.64. The van der Waals surface area contributed by atoms with Crippen molar-refractivity contribution in [2.45, 2.75) is 79.1 Å². The van der Waals surface area contributed by atoms with Gasteiger partial charge in [-0.05, 0) is 88.3 Å². The third kappa shape index (κ3) is 10.6. The number of piperidine rings is 2. The summed E-state index contributed by atoms with van der Waals surface area (Å²) in [4.78, 5) is 48.1. The van der Waals surface area contributed by atoms with Crippen LogP contribution in [0.3, 0.4) is 0 Å². The first-order chi connectivity index (χ1) is 32.1. The quantitative estimate of drug-likeness (QED) is 0.115. The molecule has 4 aliphatic carbocycles. The van der Waals surface area contributed by atoms with Crippen LogP contribution in [0.25, 0.3) is 0 Å². The van der Waals surface area contributed by atoms with Gasteiger partial charge in [0.05, 0.1) is 27.9 Å². The normalized spacial score (nSPS) is 30.4. The number of hydrogen-bond donors (Lipinski definition) is 10. The molecular formula is C46H64N2O19P2. The van der Waals surface area contributed by atoms with Crippen LogP contribution in [0.1, 0.15) is 35.1 Å². The summed E-state index contributed by atoms with van der Waals surface area (Å²) in [7, 11) is 0.0826. The summed E-state index contributed by atoms with van der Waals surface area (Å²) >= 11 is 0. The largest absolute Gasteiger partial charge is 0.493 e.